The van der Waals surface area contributed by atoms with E-state index in [0.29, 0.717) is 6.61 Å². The lowest BCUT2D eigenvalue weighted by atomic mass is 10.2. The number of methoxy groups -OCH3 is 1. The molecule has 0 amide bonds. The number of hydrogen-bond acceptors (Lipinski definition) is 4. The van der Waals surface area contributed by atoms with Crippen molar-refractivity contribution in [2.75, 3.05) is 40.5 Å². The van der Waals surface area contributed by atoms with Crippen molar-refractivity contribution in [3.63, 3.8) is 0 Å². The summed E-state index contributed by atoms with van der Waals surface area (Å²) in [5, 5.41) is 3.52. The van der Waals surface area contributed by atoms with Crippen LogP contribution >= 0.6 is 0 Å². The van der Waals surface area contributed by atoms with Gasteiger partial charge >= 0.3 is 0 Å². The Bertz CT molecular complexity index is 394. The molecule has 20 heavy (non-hydrogen) atoms. The zero-order chi connectivity index (χ0) is 14.2. The van der Waals surface area contributed by atoms with Crippen molar-refractivity contribution in [3.05, 3.63) is 29.8 Å². The van der Waals surface area contributed by atoms with Gasteiger partial charge in [0.1, 0.15) is 12.4 Å². The Morgan fingerprint density at radius 3 is 2.80 bits per heavy atom. The first-order valence-electron chi connectivity index (χ1n) is 7.40. The molecule has 0 bridgehead atoms. The third-order valence-electron chi connectivity index (χ3n) is 3.49. The molecule has 1 aliphatic carbocycles. The van der Waals surface area contributed by atoms with Crippen molar-refractivity contribution in [3.8, 4) is 5.75 Å². The molecule has 1 aromatic rings. The summed E-state index contributed by atoms with van der Waals surface area (Å²) >= 11 is 0. The van der Waals surface area contributed by atoms with Crippen LogP contribution in [-0.2, 0) is 11.3 Å². The summed E-state index contributed by atoms with van der Waals surface area (Å²) in [5.41, 5.74) is 1.29. The zero-order valence-electron chi connectivity index (χ0n) is 12.6. The van der Waals surface area contributed by atoms with Crippen LogP contribution in [0.25, 0.3) is 0 Å². The first-order chi connectivity index (χ1) is 9.78. The van der Waals surface area contributed by atoms with Gasteiger partial charge in [-0.15, -0.1) is 0 Å². The van der Waals surface area contributed by atoms with Gasteiger partial charge in [0.15, 0.2) is 0 Å². The lowest BCUT2D eigenvalue weighted by molar-refractivity contribution is 0.150. The van der Waals surface area contributed by atoms with Gasteiger partial charge in [0.2, 0.25) is 0 Å². The molecule has 0 spiro atoms. The van der Waals surface area contributed by atoms with Gasteiger partial charge in [-0.2, -0.15) is 0 Å². The molecule has 112 valence electrons. The summed E-state index contributed by atoms with van der Waals surface area (Å²) < 4.78 is 10.9. The van der Waals surface area contributed by atoms with Crippen molar-refractivity contribution < 1.29 is 9.47 Å². The number of ether oxygens (including phenoxy) is 2. The number of benzene rings is 1. The Morgan fingerprint density at radius 1 is 1.25 bits per heavy atom. The summed E-state index contributed by atoms with van der Waals surface area (Å²) in [6.45, 7) is 4.26. The van der Waals surface area contributed by atoms with Crippen molar-refractivity contribution >= 4 is 0 Å². The van der Waals surface area contributed by atoms with Gasteiger partial charge in [0.05, 0.1) is 6.61 Å². The Kier molecular flexibility index (Phi) is 6.30. The molecular weight excluding hydrogens is 252 g/mol. The van der Waals surface area contributed by atoms with E-state index in [4.69, 9.17) is 9.47 Å². The van der Waals surface area contributed by atoms with E-state index in [1.807, 2.05) is 6.07 Å². The molecule has 0 atom stereocenters. The molecule has 4 heteroatoms. The quantitative estimate of drug-likeness (QED) is 0.709. The fourth-order valence-corrected chi connectivity index (χ4v) is 1.97. The predicted octanol–water partition coefficient (Wildman–Crippen LogP) is 1.90. The number of hydrogen-bond donors (Lipinski definition) is 1. The van der Waals surface area contributed by atoms with Crippen LogP contribution < -0.4 is 10.1 Å². The van der Waals surface area contributed by atoms with E-state index in [-0.39, 0.29) is 0 Å². The molecule has 0 aromatic heterocycles. The van der Waals surface area contributed by atoms with Crippen LogP contribution in [0.1, 0.15) is 18.4 Å². The van der Waals surface area contributed by atoms with Crippen LogP contribution in [-0.4, -0.2) is 51.4 Å². The summed E-state index contributed by atoms with van der Waals surface area (Å²) in [7, 11) is 3.81. The highest BCUT2D eigenvalue weighted by atomic mass is 16.5. The lowest BCUT2D eigenvalue weighted by Gasteiger charge is -2.16. The standard InChI is InChI=1S/C16H26N2O2/c1-18(8-10-19-2)9-11-20-16-5-3-4-14(12-16)13-17-15-6-7-15/h3-5,12,15,17H,6-11,13H2,1-2H3. The number of rotatable bonds is 10. The molecule has 0 unspecified atom stereocenters. The van der Waals surface area contributed by atoms with E-state index in [0.717, 1.165) is 38.0 Å². The van der Waals surface area contributed by atoms with E-state index in [2.05, 4.69) is 35.5 Å². The van der Waals surface area contributed by atoms with Crippen LogP contribution in [0.15, 0.2) is 24.3 Å². The molecule has 0 saturated heterocycles. The Morgan fingerprint density at radius 2 is 2.05 bits per heavy atom. The Labute approximate surface area is 122 Å². The van der Waals surface area contributed by atoms with E-state index in [1.54, 1.807) is 7.11 Å². The van der Waals surface area contributed by atoms with Gasteiger partial charge < -0.3 is 19.7 Å². The fourth-order valence-electron chi connectivity index (χ4n) is 1.97. The predicted molar refractivity (Wildman–Crippen MR) is 81.2 cm³/mol. The van der Waals surface area contributed by atoms with E-state index in [1.165, 1.54) is 18.4 Å². The van der Waals surface area contributed by atoms with Gasteiger partial charge in [-0.3, -0.25) is 0 Å². The summed E-state index contributed by atoms with van der Waals surface area (Å²) in [5.74, 6) is 0.959. The van der Waals surface area contributed by atoms with Crippen molar-refractivity contribution in [1.82, 2.24) is 10.2 Å². The number of likely N-dealkylation sites (N-methyl/N-ethyl adjacent to an activating group) is 1. The minimum absolute atomic E-state index is 0.708. The highest BCUT2D eigenvalue weighted by molar-refractivity contribution is 5.28. The molecule has 0 aliphatic heterocycles. The summed E-state index contributed by atoms with van der Waals surface area (Å²) in [4.78, 5) is 2.21. The molecule has 1 aliphatic rings. The smallest absolute Gasteiger partial charge is 0.119 e. The number of nitrogens with one attached hydrogen (secondary N) is 1. The van der Waals surface area contributed by atoms with Gasteiger partial charge in [-0.25, -0.2) is 0 Å². The van der Waals surface area contributed by atoms with Crippen molar-refractivity contribution in [2.24, 2.45) is 0 Å². The van der Waals surface area contributed by atoms with Gasteiger partial charge in [0, 0.05) is 32.8 Å². The topological polar surface area (TPSA) is 33.7 Å². The first-order valence-corrected chi connectivity index (χ1v) is 7.40. The largest absolute Gasteiger partial charge is 0.492 e. The van der Waals surface area contributed by atoms with Crippen molar-refractivity contribution in [2.45, 2.75) is 25.4 Å². The van der Waals surface area contributed by atoms with Crippen LogP contribution in [0.5, 0.6) is 5.75 Å². The van der Waals surface area contributed by atoms with E-state index in [9.17, 15) is 0 Å². The molecule has 0 radical (unpaired) electrons. The Balaban J connectivity index is 1.67. The van der Waals surface area contributed by atoms with E-state index >= 15 is 0 Å². The van der Waals surface area contributed by atoms with Crippen LogP contribution in [0.2, 0.25) is 0 Å². The molecule has 0 heterocycles. The molecule has 1 fully saturated rings. The Hall–Kier alpha value is -1.10. The zero-order valence-corrected chi connectivity index (χ0v) is 12.6. The van der Waals surface area contributed by atoms with E-state index < -0.39 is 0 Å². The normalized spacial score (nSPS) is 14.8. The second kappa shape index (κ2) is 8.25. The van der Waals surface area contributed by atoms with Crippen LogP contribution in [0.4, 0.5) is 0 Å². The average molecular weight is 278 g/mol. The highest BCUT2D eigenvalue weighted by Gasteiger charge is 2.19. The molecule has 1 saturated carbocycles. The molecular formula is C16H26N2O2. The summed E-state index contributed by atoms with van der Waals surface area (Å²) in [6.07, 6.45) is 2.65. The maximum atomic E-state index is 5.81. The molecule has 2 rings (SSSR count). The first kappa shape index (κ1) is 15.3. The van der Waals surface area contributed by atoms with Gasteiger partial charge in [0.25, 0.3) is 0 Å². The lowest BCUT2D eigenvalue weighted by Crippen LogP contribution is -2.27. The SMILES string of the molecule is COCCN(C)CCOc1cccc(CNC2CC2)c1. The maximum Gasteiger partial charge on any atom is 0.119 e. The monoisotopic (exact) mass is 278 g/mol. The molecule has 1 N–H and O–H groups in total. The van der Waals surface area contributed by atoms with Crippen molar-refractivity contribution in [1.29, 1.82) is 0 Å². The number of nitrogens with zero attached hydrogens (tertiary/aromatic N) is 1. The maximum absolute atomic E-state index is 5.81. The average Bonchev–Trinajstić information content (AvgIpc) is 3.28. The minimum atomic E-state index is 0.708. The fraction of sp³-hybridized carbons (Fsp3) is 0.625. The third-order valence-corrected chi connectivity index (χ3v) is 3.49. The molecule has 4 nitrogen and oxygen atoms in total. The van der Waals surface area contributed by atoms with Crippen LogP contribution in [0, 0.1) is 0 Å². The molecule has 1 aromatic carbocycles. The second-order valence-corrected chi connectivity index (χ2v) is 5.45. The van der Waals surface area contributed by atoms with Gasteiger partial charge in [-0.1, -0.05) is 12.1 Å². The summed E-state index contributed by atoms with van der Waals surface area (Å²) in [6, 6.07) is 9.11. The second-order valence-electron chi connectivity index (χ2n) is 5.45. The van der Waals surface area contributed by atoms with Gasteiger partial charge in [-0.05, 0) is 37.6 Å². The van der Waals surface area contributed by atoms with Crippen LogP contribution in [0.3, 0.4) is 0 Å². The minimum Gasteiger partial charge on any atom is -0.492 e. The highest BCUT2D eigenvalue weighted by Crippen LogP contribution is 2.20. The third kappa shape index (κ3) is 5.90.